The number of hydrogen-bond acceptors (Lipinski definition) is 4. The molecular weight excluding hydrogens is 803 g/mol. The third-order valence-corrected chi connectivity index (χ3v) is 12.4. The van der Waals surface area contributed by atoms with Gasteiger partial charge in [0, 0.05) is 39.0 Å². The van der Waals surface area contributed by atoms with E-state index >= 15 is 0 Å². The second-order valence-corrected chi connectivity index (χ2v) is 16.5. The maximum Gasteiger partial charge on any atom is 0.238 e. The predicted octanol–water partition coefficient (Wildman–Crippen LogP) is 15.9. The molecule has 0 bridgehead atoms. The standard InChI is InChI=1S/C61H41N5/c1-5-17-42(18-6-1)48-27-15-28-51(39-48)65(50-34-31-45(32-35-50)54-30-16-26-44-21-13-14-29-53(44)54)52-36-38-56-55-37-33-49(43-19-7-2-8-20-43)40-57(55)66(58(56)41-52)61-63-59(46-22-9-3-10-23-46)62-60(64-61)47-24-11-4-12-25-47/h1-41H. The number of aromatic nitrogens is 4. The normalized spacial score (nSPS) is 11.3. The van der Waals surface area contributed by atoms with Gasteiger partial charge in [-0.1, -0.05) is 206 Å². The maximum atomic E-state index is 5.30. The number of benzene rings is 10. The van der Waals surface area contributed by atoms with Crippen molar-refractivity contribution in [2.24, 2.45) is 0 Å². The van der Waals surface area contributed by atoms with Crippen LogP contribution in [0.15, 0.2) is 249 Å². The minimum absolute atomic E-state index is 0.544. The zero-order valence-corrected chi connectivity index (χ0v) is 35.9. The van der Waals surface area contributed by atoms with E-state index < -0.39 is 0 Å². The number of hydrogen-bond donors (Lipinski definition) is 0. The molecule has 2 heterocycles. The van der Waals surface area contributed by atoms with Crippen LogP contribution in [0, 0.1) is 0 Å². The second kappa shape index (κ2) is 16.6. The van der Waals surface area contributed by atoms with E-state index in [2.05, 4.69) is 222 Å². The fourth-order valence-electron chi connectivity index (χ4n) is 9.24. The molecule has 2 aromatic heterocycles. The van der Waals surface area contributed by atoms with Crippen LogP contribution in [0.5, 0.6) is 0 Å². The van der Waals surface area contributed by atoms with Gasteiger partial charge in [0.15, 0.2) is 11.6 Å². The summed E-state index contributed by atoms with van der Waals surface area (Å²) < 4.78 is 2.23. The van der Waals surface area contributed by atoms with Crippen LogP contribution >= 0.6 is 0 Å². The van der Waals surface area contributed by atoms with Gasteiger partial charge in [-0.3, -0.25) is 4.57 Å². The number of nitrogens with zero attached hydrogens (tertiary/aromatic N) is 5. The summed E-state index contributed by atoms with van der Waals surface area (Å²) in [6.45, 7) is 0. The predicted molar refractivity (Wildman–Crippen MR) is 274 cm³/mol. The van der Waals surface area contributed by atoms with E-state index in [0.717, 1.165) is 77.8 Å². The van der Waals surface area contributed by atoms with Crippen LogP contribution in [0.4, 0.5) is 17.1 Å². The van der Waals surface area contributed by atoms with Gasteiger partial charge in [0.25, 0.3) is 0 Å². The molecule has 0 spiro atoms. The van der Waals surface area contributed by atoms with Crippen molar-refractivity contribution in [1.29, 1.82) is 0 Å². The second-order valence-electron chi connectivity index (χ2n) is 16.5. The summed E-state index contributed by atoms with van der Waals surface area (Å²) in [4.78, 5) is 18.0. The molecule has 0 amide bonds. The molecular formula is C61H41N5. The minimum Gasteiger partial charge on any atom is -0.310 e. The lowest BCUT2D eigenvalue weighted by Gasteiger charge is -2.26. The largest absolute Gasteiger partial charge is 0.310 e. The molecule has 0 unspecified atom stereocenters. The van der Waals surface area contributed by atoms with E-state index in [1.165, 1.54) is 16.3 Å². The highest BCUT2D eigenvalue weighted by molar-refractivity contribution is 6.11. The molecule has 0 N–H and O–H groups in total. The Morgan fingerprint density at radius 3 is 1.41 bits per heavy atom. The van der Waals surface area contributed by atoms with Crippen LogP contribution in [-0.2, 0) is 0 Å². The Morgan fingerprint density at radius 1 is 0.288 bits per heavy atom. The summed E-state index contributed by atoms with van der Waals surface area (Å²) in [6, 6.07) is 87.8. The smallest absolute Gasteiger partial charge is 0.238 e. The summed E-state index contributed by atoms with van der Waals surface area (Å²) >= 11 is 0. The molecule has 0 saturated carbocycles. The Hall–Kier alpha value is -8.93. The molecule has 0 fully saturated rings. The van der Waals surface area contributed by atoms with Crippen LogP contribution in [0.2, 0.25) is 0 Å². The third kappa shape index (κ3) is 7.15. The lowest BCUT2D eigenvalue weighted by molar-refractivity contribution is 0.953. The van der Waals surface area contributed by atoms with E-state index in [1.54, 1.807) is 0 Å². The number of rotatable bonds is 9. The molecule has 66 heavy (non-hydrogen) atoms. The van der Waals surface area contributed by atoms with Crippen molar-refractivity contribution >= 4 is 49.6 Å². The summed E-state index contributed by atoms with van der Waals surface area (Å²) in [5.74, 6) is 1.76. The van der Waals surface area contributed by atoms with Crippen molar-refractivity contribution in [2.75, 3.05) is 4.90 Å². The van der Waals surface area contributed by atoms with Gasteiger partial charge in [-0.25, -0.2) is 4.98 Å². The highest BCUT2D eigenvalue weighted by Gasteiger charge is 2.22. The molecule has 0 atom stereocenters. The molecule has 5 heteroatoms. The van der Waals surface area contributed by atoms with Gasteiger partial charge < -0.3 is 4.90 Å². The Morgan fingerprint density at radius 2 is 0.758 bits per heavy atom. The Balaban J connectivity index is 1.10. The topological polar surface area (TPSA) is 46.8 Å². The van der Waals surface area contributed by atoms with Crippen LogP contribution in [0.3, 0.4) is 0 Å². The molecule has 310 valence electrons. The first-order valence-corrected chi connectivity index (χ1v) is 22.3. The molecule has 5 nitrogen and oxygen atoms in total. The van der Waals surface area contributed by atoms with Crippen molar-refractivity contribution in [3.05, 3.63) is 249 Å². The molecule has 0 aliphatic heterocycles. The van der Waals surface area contributed by atoms with Crippen molar-refractivity contribution in [3.63, 3.8) is 0 Å². The minimum atomic E-state index is 0.544. The van der Waals surface area contributed by atoms with Crippen molar-refractivity contribution < 1.29 is 0 Å². The Bertz CT molecular complexity index is 3620. The van der Waals surface area contributed by atoms with E-state index in [0.29, 0.717) is 17.6 Å². The first kappa shape index (κ1) is 38.7. The first-order valence-electron chi connectivity index (χ1n) is 22.3. The molecule has 0 aliphatic carbocycles. The Labute approximate surface area is 383 Å². The van der Waals surface area contributed by atoms with Crippen LogP contribution < -0.4 is 4.90 Å². The highest BCUT2D eigenvalue weighted by atomic mass is 15.2. The lowest BCUT2D eigenvalue weighted by Crippen LogP contribution is -2.10. The van der Waals surface area contributed by atoms with Gasteiger partial charge in [0.1, 0.15) is 0 Å². The van der Waals surface area contributed by atoms with Gasteiger partial charge in [0.05, 0.1) is 11.0 Å². The van der Waals surface area contributed by atoms with Crippen LogP contribution in [0.25, 0.3) is 94.7 Å². The summed E-state index contributed by atoms with van der Waals surface area (Å²) in [7, 11) is 0. The molecule has 0 radical (unpaired) electrons. The van der Waals surface area contributed by atoms with E-state index in [1.807, 2.05) is 36.4 Å². The Kier molecular flexibility index (Phi) is 9.77. The fraction of sp³-hybridized carbons (Fsp3) is 0. The van der Waals surface area contributed by atoms with Crippen LogP contribution in [-0.4, -0.2) is 19.5 Å². The van der Waals surface area contributed by atoms with Crippen molar-refractivity contribution in [3.8, 4) is 62.1 Å². The van der Waals surface area contributed by atoms with Gasteiger partial charge in [-0.15, -0.1) is 0 Å². The van der Waals surface area contributed by atoms with Crippen LogP contribution in [0.1, 0.15) is 0 Å². The summed E-state index contributed by atoms with van der Waals surface area (Å²) in [5, 5.41) is 4.66. The zero-order valence-electron chi connectivity index (χ0n) is 35.9. The highest BCUT2D eigenvalue weighted by Crippen LogP contribution is 2.42. The average Bonchev–Trinajstić information content (AvgIpc) is 3.73. The summed E-state index contributed by atoms with van der Waals surface area (Å²) in [6.07, 6.45) is 0. The lowest BCUT2D eigenvalue weighted by atomic mass is 9.98. The average molecular weight is 844 g/mol. The van der Waals surface area contributed by atoms with Gasteiger partial charge in [0.2, 0.25) is 5.95 Å². The third-order valence-electron chi connectivity index (χ3n) is 12.4. The maximum absolute atomic E-state index is 5.30. The molecule has 10 aromatic carbocycles. The number of anilines is 3. The van der Waals surface area contributed by atoms with Crippen molar-refractivity contribution in [1.82, 2.24) is 19.5 Å². The van der Waals surface area contributed by atoms with E-state index in [4.69, 9.17) is 15.0 Å². The van der Waals surface area contributed by atoms with Gasteiger partial charge >= 0.3 is 0 Å². The molecule has 12 aromatic rings. The molecule has 0 aliphatic rings. The molecule has 12 rings (SSSR count). The first-order chi connectivity index (χ1) is 32.7. The SMILES string of the molecule is c1ccc(-c2cccc(N(c3ccc(-c4cccc5ccccc45)cc3)c3ccc4c5ccc(-c6ccccc6)cc5n(-c5nc(-c6ccccc6)nc(-c6ccccc6)n5)c4c3)c2)cc1. The van der Waals surface area contributed by atoms with Gasteiger partial charge in [-0.05, 0) is 86.6 Å². The fourth-order valence-corrected chi connectivity index (χ4v) is 9.24. The quantitative estimate of drug-likeness (QED) is 0.145. The van der Waals surface area contributed by atoms with Crippen molar-refractivity contribution in [2.45, 2.75) is 0 Å². The summed E-state index contributed by atoms with van der Waals surface area (Å²) in [5.41, 5.74) is 13.8. The van der Waals surface area contributed by atoms with Gasteiger partial charge in [-0.2, -0.15) is 9.97 Å². The monoisotopic (exact) mass is 843 g/mol. The number of fused-ring (bicyclic) bond motifs is 4. The van der Waals surface area contributed by atoms with E-state index in [-0.39, 0.29) is 0 Å². The van der Waals surface area contributed by atoms with E-state index in [9.17, 15) is 0 Å². The zero-order chi connectivity index (χ0) is 43.8. The molecule has 0 saturated heterocycles.